The molecule has 9 heteroatoms. The van der Waals surface area contributed by atoms with Crippen LogP contribution in [0.5, 0.6) is 0 Å². The summed E-state index contributed by atoms with van der Waals surface area (Å²) >= 11 is 1.45. The zero-order valence-electron chi connectivity index (χ0n) is 11.5. The quantitative estimate of drug-likeness (QED) is 0.655. The maximum Gasteiger partial charge on any atom is 0.237 e. The average molecular weight is 308 g/mol. The number of fused-ring (bicyclic) bond motifs is 1. The number of hydrogen-bond acceptors (Lipinski definition) is 7. The van der Waals surface area contributed by atoms with Gasteiger partial charge >= 0.3 is 0 Å². The van der Waals surface area contributed by atoms with Crippen LogP contribution >= 0.6 is 11.3 Å². The van der Waals surface area contributed by atoms with Crippen LogP contribution in [0.4, 0.5) is 11.8 Å². The molecule has 0 aliphatic heterocycles. The fraction of sp³-hybridized carbons (Fsp3) is 0.333. The Morgan fingerprint density at radius 2 is 1.95 bits per heavy atom. The second-order valence-electron chi connectivity index (χ2n) is 4.33. The number of anilines is 2. The molecule has 2 aromatic heterocycles. The van der Waals surface area contributed by atoms with Gasteiger partial charge in [-0.2, -0.15) is 4.98 Å². The zero-order chi connectivity index (χ0) is 15.4. The van der Waals surface area contributed by atoms with Crippen LogP contribution in [0.3, 0.4) is 0 Å². The Morgan fingerprint density at radius 3 is 2.52 bits per heavy atom. The maximum atomic E-state index is 11.2. The van der Waals surface area contributed by atoms with Gasteiger partial charge in [0.2, 0.25) is 17.8 Å². The Labute approximate surface area is 125 Å². The van der Waals surface area contributed by atoms with Crippen LogP contribution in [0.15, 0.2) is 11.4 Å². The number of thiophene rings is 1. The van der Waals surface area contributed by atoms with E-state index in [-0.39, 0.29) is 13.1 Å². The van der Waals surface area contributed by atoms with E-state index in [1.54, 1.807) is 0 Å². The first kappa shape index (κ1) is 15.0. The molecule has 112 valence electrons. The molecule has 0 bridgehead atoms. The van der Waals surface area contributed by atoms with E-state index in [0.29, 0.717) is 18.3 Å². The van der Waals surface area contributed by atoms with Gasteiger partial charge in [-0.25, -0.2) is 4.98 Å². The van der Waals surface area contributed by atoms with Crippen molar-refractivity contribution in [2.75, 3.05) is 29.9 Å². The largest absolute Gasteiger partial charge is 0.368 e. The number of amides is 2. The van der Waals surface area contributed by atoms with Crippen molar-refractivity contribution in [2.45, 2.75) is 6.92 Å². The number of primary amides is 2. The van der Waals surface area contributed by atoms with Crippen LogP contribution in [-0.2, 0) is 9.59 Å². The highest BCUT2D eigenvalue weighted by Gasteiger charge is 2.18. The third kappa shape index (κ3) is 3.57. The number of aromatic nitrogens is 2. The number of nitrogens with zero attached hydrogens (tertiary/aromatic N) is 3. The van der Waals surface area contributed by atoms with Gasteiger partial charge in [-0.1, -0.05) is 0 Å². The number of nitrogens with one attached hydrogen (secondary N) is 1. The Hall–Kier alpha value is -2.42. The van der Waals surface area contributed by atoms with Crippen LogP contribution < -0.4 is 21.7 Å². The second kappa shape index (κ2) is 6.35. The van der Waals surface area contributed by atoms with E-state index in [1.807, 2.05) is 18.4 Å². The third-order valence-corrected chi connectivity index (χ3v) is 3.44. The van der Waals surface area contributed by atoms with Gasteiger partial charge in [0, 0.05) is 6.54 Å². The molecule has 2 aromatic rings. The predicted molar refractivity (Wildman–Crippen MR) is 82.2 cm³/mol. The molecule has 0 aromatic carbocycles. The van der Waals surface area contributed by atoms with E-state index in [1.165, 1.54) is 16.2 Å². The molecule has 8 nitrogen and oxygen atoms in total. The first-order valence-electron chi connectivity index (χ1n) is 6.32. The minimum atomic E-state index is -0.566. The molecule has 0 saturated carbocycles. The first-order valence-corrected chi connectivity index (χ1v) is 7.20. The van der Waals surface area contributed by atoms with Gasteiger partial charge in [-0.15, -0.1) is 11.3 Å². The normalized spacial score (nSPS) is 10.5. The van der Waals surface area contributed by atoms with Crippen molar-refractivity contribution in [1.82, 2.24) is 9.97 Å². The number of hydrogen-bond donors (Lipinski definition) is 3. The van der Waals surface area contributed by atoms with Crippen molar-refractivity contribution in [3.05, 3.63) is 11.4 Å². The minimum absolute atomic E-state index is 0.142. The lowest BCUT2D eigenvalue weighted by Crippen LogP contribution is -2.40. The Balaban J connectivity index is 2.50. The van der Waals surface area contributed by atoms with Crippen molar-refractivity contribution in [2.24, 2.45) is 11.5 Å². The topological polar surface area (TPSA) is 127 Å². The van der Waals surface area contributed by atoms with Crippen molar-refractivity contribution in [1.29, 1.82) is 0 Å². The minimum Gasteiger partial charge on any atom is -0.368 e. The molecule has 0 spiro atoms. The monoisotopic (exact) mass is 308 g/mol. The predicted octanol–water partition coefficient (Wildman–Crippen LogP) is -0.0999. The fourth-order valence-electron chi connectivity index (χ4n) is 1.90. The van der Waals surface area contributed by atoms with Crippen LogP contribution in [0, 0.1) is 0 Å². The molecular formula is C12H16N6O2S. The molecule has 0 radical (unpaired) electrons. The van der Waals surface area contributed by atoms with Crippen LogP contribution in [0.2, 0.25) is 0 Å². The molecule has 0 saturated heterocycles. The average Bonchev–Trinajstić information content (AvgIpc) is 2.84. The van der Waals surface area contributed by atoms with Crippen molar-refractivity contribution in [3.8, 4) is 0 Å². The van der Waals surface area contributed by atoms with E-state index in [4.69, 9.17) is 11.5 Å². The van der Waals surface area contributed by atoms with Gasteiger partial charge in [0.1, 0.15) is 10.6 Å². The summed E-state index contributed by atoms with van der Waals surface area (Å²) in [6.07, 6.45) is 0. The maximum absolute atomic E-state index is 11.2. The molecule has 5 N–H and O–H groups in total. The highest BCUT2D eigenvalue weighted by molar-refractivity contribution is 7.16. The number of nitrogens with two attached hydrogens (primary N) is 2. The smallest absolute Gasteiger partial charge is 0.237 e. The molecule has 2 rings (SSSR count). The van der Waals surface area contributed by atoms with E-state index < -0.39 is 11.8 Å². The molecular weight excluding hydrogens is 292 g/mol. The first-order chi connectivity index (χ1) is 10.0. The van der Waals surface area contributed by atoms with E-state index in [0.717, 1.165) is 10.2 Å². The lowest BCUT2D eigenvalue weighted by Gasteiger charge is -2.21. The summed E-state index contributed by atoms with van der Waals surface area (Å²) in [5, 5.41) is 5.64. The van der Waals surface area contributed by atoms with Crippen molar-refractivity contribution < 1.29 is 9.59 Å². The Bertz CT molecular complexity index is 655. The van der Waals surface area contributed by atoms with Gasteiger partial charge in [-0.3, -0.25) is 9.59 Å². The zero-order valence-corrected chi connectivity index (χ0v) is 12.3. The summed E-state index contributed by atoms with van der Waals surface area (Å²) in [6, 6.07) is 1.83. The lowest BCUT2D eigenvalue weighted by atomic mass is 10.3. The molecule has 0 fully saturated rings. The van der Waals surface area contributed by atoms with Gasteiger partial charge in [0.25, 0.3) is 0 Å². The van der Waals surface area contributed by atoms with Crippen molar-refractivity contribution in [3.63, 3.8) is 0 Å². The van der Waals surface area contributed by atoms with E-state index >= 15 is 0 Å². The van der Waals surface area contributed by atoms with Gasteiger partial charge < -0.3 is 21.7 Å². The third-order valence-electron chi connectivity index (χ3n) is 2.63. The molecule has 0 unspecified atom stereocenters. The summed E-state index contributed by atoms with van der Waals surface area (Å²) in [5.41, 5.74) is 10.5. The second-order valence-corrected chi connectivity index (χ2v) is 5.22. The number of rotatable bonds is 7. The van der Waals surface area contributed by atoms with Gasteiger partial charge in [0.05, 0.1) is 18.5 Å². The SMILES string of the molecule is CCNc1nc(N(CC(N)=O)CC(N)=O)c2ccsc2n1. The van der Waals surface area contributed by atoms with Crippen molar-refractivity contribution >= 4 is 45.1 Å². The van der Waals surface area contributed by atoms with Crippen LogP contribution in [0.25, 0.3) is 10.2 Å². The summed E-state index contributed by atoms with van der Waals surface area (Å²) in [6.45, 7) is 2.29. The molecule has 21 heavy (non-hydrogen) atoms. The van der Waals surface area contributed by atoms with Gasteiger partial charge in [-0.05, 0) is 18.4 Å². The highest BCUT2D eigenvalue weighted by Crippen LogP contribution is 2.28. The molecule has 0 aliphatic carbocycles. The van der Waals surface area contributed by atoms with Gasteiger partial charge in [0.15, 0.2) is 0 Å². The summed E-state index contributed by atoms with van der Waals surface area (Å²) in [4.78, 5) is 33.4. The molecule has 2 heterocycles. The fourth-order valence-corrected chi connectivity index (χ4v) is 2.66. The summed E-state index contributed by atoms with van der Waals surface area (Å²) in [7, 11) is 0. The van der Waals surface area contributed by atoms with E-state index in [9.17, 15) is 9.59 Å². The standard InChI is InChI=1S/C12H16N6O2S/c1-2-15-12-16-10(7-3-4-21-11(7)17-12)18(5-8(13)19)6-9(14)20/h3-4H,2,5-6H2,1H3,(H2,13,19)(H2,14,20)(H,15,16,17). The molecule has 0 aliphatic rings. The summed E-state index contributed by atoms with van der Waals surface area (Å²) < 4.78 is 0. The van der Waals surface area contributed by atoms with E-state index in [2.05, 4.69) is 15.3 Å². The highest BCUT2D eigenvalue weighted by atomic mass is 32.1. The molecule has 2 amide bonds. The van der Waals surface area contributed by atoms with Crippen LogP contribution in [-0.4, -0.2) is 41.4 Å². The Morgan fingerprint density at radius 1 is 1.29 bits per heavy atom. The number of carbonyl (C=O) groups is 2. The summed E-state index contributed by atoms with van der Waals surface area (Å²) in [5.74, 6) is -0.234. The van der Waals surface area contributed by atoms with Crippen LogP contribution in [0.1, 0.15) is 6.92 Å². The Kier molecular flexibility index (Phi) is 4.53. The number of carbonyl (C=O) groups excluding carboxylic acids is 2. The molecule has 0 atom stereocenters. The lowest BCUT2D eigenvalue weighted by molar-refractivity contribution is -0.117.